The third-order valence-corrected chi connectivity index (χ3v) is 3.04. The zero-order valence-corrected chi connectivity index (χ0v) is 9.26. The van der Waals surface area contributed by atoms with Gasteiger partial charge in [-0.05, 0) is 17.7 Å². The molecule has 0 aromatic heterocycles. The van der Waals surface area contributed by atoms with E-state index in [0.717, 1.165) is 5.56 Å². The fraction of sp³-hybridized carbons (Fsp3) is 0.400. The average Bonchev–Trinajstić information content (AvgIpc) is 2.19. The molecule has 2 nitrogen and oxygen atoms in total. The molecule has 0 saturated carbocycles. The molecule has 4 heteroatoms. The van der Waals surface area contributed by atoms with Gasteiger partial charge in [-0.25, -0.2) is 0 Å². The van der Waals surface area contributed by atoms with Gasteiger partial charge < -0.3 is 10.2 Å². The maximum Gasteiger partial charge on any atom is 0.0880 e. The molecule has 1 aromatic rings. The van der Waals surface area contributed by atoms with Crippen LogP contribution in [0.5, 0.6) is 0 Å². The minimum atomic E-state index is -0.483. The van der Waals surface area contributed by atoms with Crippen LogP contribution in [0.15, 0.2) is 24.3 Å². The van der Waals surface area contributed by atoms with Crippen molar-refractivity contribution >= 4 is 23.4 Å². The Morgan fingerprint density at radius 2 is 1.93 bits per heavy atom. The molecule has 0 heterocycles. The molecule has 1 atom stereocenters. The number of aliphatic hydroxyl groups is 2. The van der Waals surface area contributed by atoms with Gasteiger partial charge >= 0.3 is 0 Å². The van der Waals surface area contributed by atoms with Gasteiger partial charge in [0.25, 0.3) is 0 Å². The van der Waals surface area contributed by atoms with Gasteiger partial charge in [0.15, 0.2) is 0 Å². The molecule has 0 aliphatic rings. The van der Waals surface area contributed by atoms with E-state index in [0.29, 0.717) is 16.5 Å². The predicted octanol–water partition coefficient (Wildman–Crippen LogP) is 2.10. The summed E-state index contributed by atoms with van der Waals surface area (Å²) in [4.78, 5) is 0. The van der Waals surface area contributed by atoms with E-state index in [1.807, 2.05) is 12.1 Å². The van der Waals surface area contributed by atoms with E-state index in [1.54, 1.807) is 12.1 Å². The van der Waals surface area contributed by atoms with Gasteiger partial charge in [-0.1, -0.05) is 23.7 Å². The standard InChI is InChI=1S/C10H13ClO2S/c11-9-3-1-8(2-4-9)10(13)7-14-6-5-12/h1-4,10,12-13H,5-7H2. The summed E-state index contributed by atoms with van der Waals surface area (Å²) >= 11 is 7.25. The quantitative estimate of drug-likeness (QED) is 0.764. The fourth-order valence-corrected chi connectivity index (χ4v) is 1.88. The smallest absolute Gasteiger partial charge is 0.0880 e. The van der Waals surface area contributed by atoms with Crippen LogP contribution in [0.2, 0.25) is 5.02 Å². The Bertz CT molecular complexity index is 263. The maximum absolute atomic E-state index is 9.69. The van der Waals surface area contributed by atoms with Gasteiger partial charge in [-0.3, -0.25) is 0 Å². The Hall–Kier alpha value is -0.220. The summed E-state index contributed by atoms with van der Waals surface area (Å²) in [6.45, 7) is 0.151. The van der Waals surface area contributed by atoms with Crippen molar-refractivity contribution in [3.05, 3.63) is 34.9 Å². The lowest BCUT2D eigenvalue weighted by Crippen LogP contribution is -2.01. The number of thioether (sulfide) groups is 1. The van der Waals surface area contributed by atoms with Crippen molar-refractivity contribution in [3.63, 3.8) is 0 Å². The summed E-state index contributed by atoms with van der Waals surface area (Å²) in [6, 6.07) is 7.15. The molecule has 0 saturated heterocycles. The van der Waals surface area contributed by atoms with Crippen molar-refractivity contribution in [2.24, 2.45) is 0 Å². The van der Waals surface area contributed by atoms with Gasteiger partial charge in [-0.15, -0.1) is 0 Å². The summed E-state index contributed by atoms with van der Waals surface area (Å²) in [5.41, 5.74) is 0.861. The lowest BCUT2D eigenvalue weighted by atomic mass is 10.1. The molecular formula is C10H13ClO2S. The normalized spacial score (nSPS) is 12.8. The fourth-order valence-electron chi connectivity index (χ4n) is 1.04. The predicted molar refractivity (Wildman–Crippen MR) is 60.8 cm³/mol. The zero-order valence-electron chi connectivity index (χ0n) is 7.69. The molecule has 2 N–H and O–H groups in total. The van der Waals surface area contributed by atoms with Crippen LogP contribution in [-0.2, 0) is 0 Å². The molecule has 0 aliphatic carbocycles. The van der Waals surface area contributed by atoms with Crippen LogP contribution in [0.4, 0.5) is 0 Å². The van der Waals surface area contributed by atoms with Gasteiger partial charge in [0.05, 0.1) is 12.7 Å². The second-order valence-electron chi connectivity index (χ2n) is 2.87. The molecular weight excluding hydrogens is 220 g/mol. The molecule has 0 radical (unpaired) electrons. The molecule has 0 amide bonds. The van der Waals surface area contributed by atoms with Crippen LogP contribution in [0.3, 0.4) is 0 Å². The minimum absolute atomic E-state index is 0.151. The van der Waals surface area contributed by atoms with Crippen molar-refractivity contribution in [1.82, 2.24) is 0 Å². The van der Waals surface area contributed by atoms with Crippen LogP contribution in [0.25, 0.3) is 0 Å². The third kappa shape index (κ3) is 3.88. The van der Waals surface area contributed by atoms with E-state index in [2.05, 4.69) is 0 Å². The van der Waals surface area contributed by atoms with Gasteiger partial charge in [0.1, 0.15) is 0 Å². The topological polar surface area (TPSA) is 40.5 Å². The van der Waals surface area contributed by atoms with Crippen LogP contribution in [-0.4, -0.2) is 28.3 Å². The second kappa shape index (κ2) is 6.30. The molecule has 0 spiro atoms. The summed E-state index contributed by atoms with van der Waals surface area (Å²) in [7, 11) is 0. The highest BCUT2D eigenvalue weighted by molar-refractivity contribution is 7.99. The average molecular weight is 233 g/mol. The highest BCUT2D eigenvalue weighted by Crippen LogP contribution is 2.19. The van der Waals surface area contributed by atoms with Gasteiger partial charge in [-0.2, -0.15) is 11.8 Å². The highest BCUT2D eigenvalue weighted by Gasteiger charge is 2.06. The molecule has 0 fully saturated rings. The number of hydrogen-bond donors (Lipinski definition) is 2. The summed E-state index contributed by atoms with van der Waals surface area (Å²) in [5.74, 6) is 1.26. The minimum Gasteiger partial charge on any atom is -0.396 e. The monoisotopic (exact) mass is 232 g/mol. The van der Waals surface area contributed by atoms with Crippen LogP contribution < -0.4 is 0 Å². The first-order valence-corrected chi connectivity index (χ1v) is 5.89. The third-order valence-electron chi connectivity index (χ3n) is 1.77. The van der Waals surface area contributed by atoms with E-state index in [-0.39, 0.29) is 6.61 Å². The number of aliphatic hydroxyl groups excluding tert-OH is 2. The van der Waals surface area contributed by atoms with E-state index < -0.39 is 6.10 Å². The van der Waals surface area contributed by atoms with Crippen molar-refractivity contribution in [1.29, 1.82) is 0 Å². The highest BCUT2D eigenvalue weighted by atomic mass is 35.5. The first kappa shape index (κ1) is 11.9. The van der Waals surface area contributed by atoms with Crippen LogP contribution in [0.1, 0.15) is 11.7 Å². The van der Waals surface area contributed by atoms with E-state index in [4.69, 9.17) is 16.7 Å². The lowest BCUT2D eigenvalue weighted by Gasteiger charge is -2.09. The summed E-state index contributed by atoms with van der Waals surface area (Å²) < 4.78 is 0. The van der Waals surface area contributed by atoms with Crippen molar-refractivity contribution in [2.75, 3.05) is 18.1 Å². The Kier molecular flexibility index (Phi) is 5.33. The van der Waals surface area contributed by atoms with E-state index in [1.165, 1.54) is 11.8 Å². The summed E-state index contributed by atoms with van der Waals surface area (Å²) in [6.07, 6.45) is -0.483. The Morgan fingerprint density at radius 1 is 1.29 bits per heavy atom. The first-order chi connectivity index (χ1) is 6.74. The molecule has 1 unspecified atom stereocenters. The van der Waals surface area contributed by atoms with Crippen molar-refractivity contribution < 1.29 is 10.2 Å². The van der Waals surface area contributed by atoms with Gasteiger partial charge in [0, 0.05) is 16.5 Å². The lowest BCUT2D eigenvalue weighted by molar-refractivity contribution is 0.204. The number of halogens is 1. The molecule has 1 rings (SSSR count). The zero-order chi connectivity index (χ0) is 10.4. The summed E-state index contributed by atoms with van der Waals surface area (Å²) in [5, 5.41) is 18.9. The molecule has 0 aliphatic heterocycles. The Balaban J connectivity index is 2.43. The number of rotatable bonds is 5. The van der Waals surface area contributed by atoms with E-state index >= 15 is 0 Å². The van der Waals surface area contributed by atoms with Crippen molar-refractivity contribution in [2.45, 2.75) is 6.10 Å². The molecule has 78 valence electrons. The maximum atomic E-state index is 9.69. The largest absolute Gasteiger partial charge is 0.396 e. The number of benzene rings is 1. The molecule has 1 aromatic carbocycles. The Labute approximate surface area is 92.9 Å². The molecule has 14 heavy (non-hydrogen) atoms. The molecule has 0 bridgehead atoms. The van der Waals surface area contributed by atoms with Crippen LogP contribution in [0, 0.1) is 0 Å². The van der Waals surface area contributed by atoms with Gasteiger partial charge in [0.2, 0.25) is 0 Å². The first-order valence-electron chi connectivity index (χ1n) is 4.36. The van der Waals surface area contributed by atoms with Crippen molar-refractivity contribution in [3.8, 4) is 0 Å². The van der Waals surface area contributed by atoms with E-state index in [9.17, 15) is 5.11 Å². The second-order valence-corrected chi connectivity index (χ2v) is 4.45. The number of hydrogen-bond acceptors (Lipinski definition) is 3. The van der Waals surface area contributed by atoms with Crippen LogP contribution >= 0.6 is 23.4 Å². The Morgan fingerprint density at radius 3 is 2.50 bits per heavy atom. The SMILES string of the molecule is OCCSCC(O)c1ccc(Cl)cc1.